The highest BCUT2D eigenvalue weighted by Crippen LogP contribution is 2.18. The van der Waals surface area contributed by atoms with E-state index in [-0.39, 0.29) is 0 Å². The number of fused-ring (bicyclic) bond motifs is 1. The van der Waals surface area contributed by atoms with Gasteiger partial charge in [-0.05, 0) is 24.3 Å². The largest absolute Gasteiger partial charge is 0.366 e. The van der Waals surface area contributed by atoms with Gasteiger partial charge in [0, 0.05) is 17.1 Å². The highest BCUT2D eigenvalue weighted by atomic mass is 32.2. The lowest BCUT2D eigenvalue weighted by Gasteiger charge is -2.02. The Hall–Kier alpha value is -1.82. The van der Waals surface area contributed by atoms with E-state index in [0.29, 0.717) is 16.5 Å². The van der Waals surface area contributed by atoms with Crippen LogP contribution in [0.5, 0.6) is 0 Å². The van der Waals surface area contributed by atoms with Gasteiger partial charge in [-0.2, -0.15) is 0 Å². The fourth-order valence-corrected chi connectivity index (χ4v) is 2.36. The van der Waals surface area contributed by atoms with Gasteiger partial charge in [-0.1, -0.05) is 0 Å². The monoisotopic (exact) mass is 238 g/mol. The van der Waals surface area contributed by atoms with E-state index in [1.54, 1.807) is 18.2 Å². The first kappa shape index (κ1) is 10.7. The van der Waals surface area contributed by atoms with Crippen molar-refractivity contribution >= 4 is 26.8 Å². The molecule has 0 atom stereocenters. The summed E-state index contributed by atoms with van der Waals surface area (Å²) in [4.78, 5) is 10.9. The zero-order valence-corrected chi connectivity index (χ0v) is 9.36. The van der Waals surface area contributed by atoms with Gasteiger partial charge >= 0.3 is 0 Å². The summed E-state index contributed by atoms with van der Waals surface area (Å²) in [6.07, 6.45) is 2.57. The summed E-state index contributed by atoms with van der Waals surface area (Å²) in [5.74, 6) is -0.533. The number of carbonyl (C=O) groups is 1. The van der Waals surface area contributed by atoms with E-state index in [1.807, 2.05) is 0 Å². The van der Waals surface area contributed by atoms with Crippen LogP contribution in [0.1, 0.15) is 10.4 Å². The average Bonchev–Trinajstić information content (AvgIpc) is 2.58. The Balaban J connectivity index is 2.73. The summed E-state index contributed by atoms with van der Waals surface area (Å²) in [6, 6.07) is 6.27. The molecule has 2 rings (SSSR count). The van der Waals surface area contributed by atoms with Crippen molar-refractivity contribution < 1.29 is 13.2 Å². The van der Waals surface area contributed by atoms with E-state index in [1.165, 1.54) is 12.3 Å². The molecule has 0 unspecified atom stereocenters. The summed E-state index contributed by atoms with van der Waals surface area (Å²) < 4.78 is 24.0. The van der Waals surface area contributed by atoms with Crippen LogP contribution < -0.4 is 5.73 Å². The topological polar surface area (TPSA) is 82.2 Å². The van der Waals surface area contributed by atoms with Gasteiger partial charge in [0.05, 0.1) is 11.8 Å². The van der Waals surface area contributed by atoms with Crippen molar-refractivity contribution in [1.82, 2.24) is 3.97 Å². The molecule has 6 heteroatoms. The first-order valence-electron chi connectivity index (χ1n) is 4.51. The fourth-order valence-electron chi connectivity index (χ4n) is 1.56. The summed E-state index contributed by atoms with van der Waals surface area (Å²) >= 11 is 0. The lowest BCUT2D eigenvalue weighted by Crippen LogP contribution is -2.11. The quantitative estimate of drug-likeness (QED) is 0.829. The first-order chi connectivity index (χ1) is 7.39. The van der Waals surface area contributed by atoms with Crippen LogP contribution in [0.4, 0.5) is 0 Å². The number of primary amides is 1. The van der Waals surface area contributed by atoms with Crippen molar-refractivity contribution in [2.75, 3.05) is 6.26 Å². The molecule has 5 nitrogen and oxygen atoms in total. The minimum Gasteiger partial charge on any atom is -0.366 e. The minimum absolute atomic E-state index is 0.360. The Morgan fingerprint density at radius 1 is 1.31 bits per heavy atom. The van der Waals surface area contributed by atoms with Gasteiger partial charge < -0.3 is 5.73 Å². The minimum atomic E-state index is -3.32. The third kappa shape index (κ3) is 1.67. The zero-order chi connectivity index (χ0) is 11.9. The smallest absolute Gasteiger partial charge is 0.248 e. The van der Waals surface area contributed by atoms with Crippen molar-refractivity contribution in [2.45, 2.75) is 0 Å². The van der Waals surface area contributed by atoms with Gasteiger partial charge in [-0.25, -0.2) is 12.4 Å². The molecule has 0 saturated carbocycles. The van der Waals surface area contributed by atoms with Gasteiger partial charge in [-0.15, -0.1) is 0 Å². The van der Waals surface area contributed by atoms with Crippen molar-refractivity contribution in [1.29, 1.82) is 0 Å². The Morgan fingerprint density at radius 3 is 2.56 bits per heavy atom. The molecular formula is C10H10N2O3S. The van der Waals surface area contributed by atoms with Crippen LogP contribution in [0, 0.1) is 0 Å². The third-order valence-electron chi connectivity index (χ3n) is 2.30. The molecule has 0 aliphatic heterocycles. The molecule has 2 N–H and O–H groups in total. The second-order valence-electron chi connectivity index (χ2n) is 3.51. The highest BCUT2D eigenvalue weighted by Gasteiger charge is 2.10. The number of hydrogen-bond donors (Lipinski definition) is 1. The van der Waals surface area contributed by atoms with E-state index >= 15 is 0 Å². The number of benzene rings is 1. The predicted molar refractivity (Wildman–Crippen MR) is 60.7 cm³/mol. The number of aromatic nitrogens is 1. The molecule has 0 bridgehead atoms. The van der Waals surface area contributed by atoms with Crippen molar-refractivity contribution in [3.05, 3.63) is 36.0 Å². The molecule has 2 aromatic rings. The molecule has 1 heterocycles. The second kappa shape index (κ2) is 3.34. The van der Waals surface area contributed by atoms with Gasteiger partial charge in [-0.3, -0.25) is 4.79 Å². The Bertz CT molecular complexity index is 670. The van der Waals surface area contributed by atoms with E-state index in [0.717, 1.165) is 10.2 Å². The van der Waals surface area contributed by atoms with Crippen LogP contribution in [0.2, 0.25) is 0 Å². The number of hydrogen-bond acceptors (Lipinski definition) is 3. The van der Waals surface area contributed by atoms with Gasteiger partial charge in [0.1, 0.15) is 0 Å². The number of nitrogens with zero attached hydrogens (tertiary/aromatic N) is 1. The van der Waals surface area contributed by atoms with Crippen molar-refractivity contribution in [3.8, 4) is 0 Å². The Labute approximate surface area is 92.5 Å². The normalized spacial score (nSPS) is 11.8. The fraction of sp³-hybridized carbons (Fsp3) is 0.100. The predicted octanol–water partition coefficient (Wildman–Crippen LogP) is 0.548. The van der Waals surface area contributed by atoms with E-state index in [9.17, 15) is 13.2 Å². The van der Waals surface area contributed by atoms with E-state index in [4.69, 9.17) is 5.73 Å². The molecular weight excluding hydrogens is 228 g/mol. The molecule has 1 aromatic carbocycles. The number of nitrogens with two attached hydrogens (primary N) is 1. The van der Waals surface area contributed by atoms with Crippen LogP contribution in [-0.2, 0) is 10.0 Å². The zero-order valence-electron chi connectivity index (χ0n) is 8.54. The molecule has 1 aromatic heterocycles. The Morgan fingerprint density at radius 2 is 2.00 bits per heavy atom. The summed E-state index contributed by atoms with van der Waals surface area (Å²) in [5.41, 5.74) is 6.03. The summed E-state index contributed by atoms with van der Waals surface area (Å²) in [7, 11) is -3.32. The molecule has 0 spiro atoms. The molecule has 0 radical (unpaired) electrons. The maximum atomic E-state index is 11.4. The van der Waals surface area contributed by atoms with Crippen molar-refractivity contribution in [2.24, 2.45) is 5.73 Å². The van der Waals surface area contributed by atoms with Crippen LogP contribution >= 0.6 is 0 Å². The SMILES string of the molecule is CS(=O)(=O)n1ccc2cc(C(N)=O)ccc21. The van der Waals surface area contributed by atoms with Gasteiger partial charge in [0.25, 0.3) is 0 Å². The van der Waals surface area contributed by atoms with Crippen LogP contribution in [0.25, 0.3) is 10.9 Å². The third-order valence-corrected chi connectivity index (χ3v) is 3.33. The highest BCUT2D eigenvalue weighted by molar-refractivity contribution is 7.89. The van der Waals surface area contributed by atoms with Crippen LogP contribution in [0.15, 0.2) is 30.5 Å². The lowest BCUT2D eigenvalue weighted by molar-refractivity contribution is 0.100. The Kier molecular flexibility index (Phi) is 2.23. The molecule has 16 heavy (non-hydrogen) atoms. The van der Waals surface area contributed by atoms with Crippen LogP contribution in [0.3, 0.4) is 0 Å². The number of carbonyl (C=O) groups excluding carboxylic acids is 1. The van der Waals surface area contributed by atoms with Crippen LogP contribution in [-0.4, -0.2) is 24.6 Å². The number of rotatable bonds is 2. The first-order valence-corrected chi connectivity index (χ1v) is 6.36. The van der Waals surface area contributed by atoms with Gasteiger partial charge in [0.15, 0.2) is 0 Å². The van der Waals surface area contributed by atoms with Crippen molar-refractivity contribution in [3.63, 3.8) is 0 Å². The molecule has 1 amide bonds. The second-order valence-corrected chi connectivity index (χ2v) is 5.37. The molecule has 84 valence electrons. The molecule has 0 fully saturated rings. The molecule has 0 saturated heterocycles. The maximum Gasteiger partial charge on any atom is 0.248 e. The molecule has 0 aliphatic rings. The van der Waals surface area contributed by atoms with E-state index in [2.05, 4.69) is 0 Å². The van der Waals surface area contributed by atoms with E-state index < -0.39 is 15.9 Å². The average molecular weight is 238 g/mol. The van der Waals surface area contributed by atoms with Gasteiger partial charge in [0.2, 0.25) is 15.9 Å². The summed E-state index contributed by atoms with van der Waals surface area (Å²) in [6.45, 7) is 0. The molecule has 0 aliphatic carbocycles. The number of amides is 1. The maximum absolute atomic E-state index is 11.4. The standard InChI is InChI=1S/C10H10N2O3S/c1-16(14,15)12-5-4-7-6-8(10(11)13)2-3-9(7)12/h2-6H,1H3,(H2,11,13). The lowest BCUT2D eigenvalue weighted by atomic mass is 10.1. The summed E-state index contributed by atoms with van der Waals surface area (Å²) in [5, 5.41) is 0.668.